The Labute approximate surface area is 186 Å². The summed E-state index contributed by atoms with van der Waals surface area (Å²) in [5.74, 6) is -1.24. The van der Waals surface area contributed by atoms with Crippen molar-refractivity contribution in [2.45, 2.75) is 44.2 Å². The van der Waals surface area contributed by atoms with Crippen molar-refractivity contribution in [2.75, 3.05) is 6.61 Å². The molecule has 1 aliphatic carbocycles. The second-order valence-corrected chi connectivity index (χ2v) is 8.40. The molecule has 4 nitrogen and oxygen atoms in total. The third kappa shape index (κ3) is 3.66. The molecule has 2 aromatic carbocycles. The third-order valence-corrected chi connectivity index (χ3v) is 6.56. The van der Waals surface area contributed by atoms with Crippen molar-refractivity contribution in [3.05, 3.63) is 70.7 Å². The average molecular weight is 442 g/mol. The molecule has 6 heteroatoms. The van der Waals surface area contributed by atoms with E-state index in [2.05, 4.69) is 11.9 Å². The molecular formula is C25H25ClFNO3. The molecule has 31 heavy (non-hydrogen) atoms. The Hall–Kier alpha value is -2.63. The number of carbonyl (C=O) groups is 1. The monoisotopic (exact) mass is 441 g/mol. The van der Waals surface area contributed by atoms with Gasteiger partial charge in [0, 0.05) is 28.3 Å². The number of amides is 1. The van der Waals surface area contributed by atoms with Crippen LogP contribution in [0.1, 0.15) is 43.7 Å². The number of aliphatic hydroxyl groups excluding tert-OH is 1. The molecule has 2 aromatic rings. The van der Waals surface area contributed by atoms with Gasteiger partial charge < -0.3 is 15.2 Å². The van der Waals surface area contributed by atoms with E-state index in [4.69, 9.17) is 16.3 Å². The summed E-state index contributed by atoms with van der Waals surface area (Å²) in [4.78, 5) is 13.0. The molecule has 1 heterocycles. The molecule has 0 bridgehead atoms. The Morgan fingerprint density at radius 2 is 2.00 bits per heavy atom. The highest BCUT2D eigenvalue weighted by atomic mass is 35.5. The predicted octanol–water partition coefficient (Wildman–Crippen LogP) is 5.91. The van der Waals surface area contributed by atoms with E-state index in [0.29, 0.717) is 37.9 Å². The summed E-state index contributed by atoms with van der Waals surface area (Å²) in [6.45, 7) is 6.31. The average Bonchev–Trinajstić information content (AvgIpc) is 3.01. The number of rotatable bonds is 5. The van der Waals surface area contributed by atoms with Gasteiger partial charge in [-0.2, -0.15) is 0 Å². The maximum absolute atomic E-state index is 15.9. The molecule has 1 spiro atoms. The summed E-state index contributed by atoms with van der Waals surface area (Å²) < 4.78 is 21.5. The minimum absolute atomic E-state index is 0.0137. The largest absolute Gasteiger partial charge is 0.509 e. The molecular weight excluding hydrogens is 417 g/mol. The van der Waals surface area contributed by atoms with Gasteiger partial charge in [-0.05, 0) is 44.2 Å². The van der Waals surface area contributed by atoms with Gasteiger partial charge in [0.25, 0.3) is 5.91 Å². The standard InChI is InChI=1S/C25H25ClFNO3/c1-3-17-19(26)14-18(15-8-6-5-7-9-15)22(27)20(17)21-23(29)25(28-24(21)30)12-10-16(11-13-25)31-4-2/h3,5-9,14,16,29H,1,4,10-13H2,2H3,(H,28,30). The lowest BCUT2D eigenvalue weighted by Gasteiger charge is -2.37. The number of benzene rings is 2. The van der Waals surface area contributed by atoms with Gasteiger partial charge in [0.15, 0.2) is 0 Å². The Kier molecular flexibility index (Phi) is 5.91. The van der Waals surface area contributed by atoms with E-state index in [1.54, 1.807) is 24.3 Å². The number of nitrogens with one attached hydrogen (secondary N) is 1. The maximum atomic E-state index is 15.9. The number of carbonyl (C=O) groups excluding carboxylic acids is 1. The normalized spacial score (nSPS) is 23.3. The van der Waals surface area contributed by atoms with Crippen LogP contribution >= 0.6 is 11.6 Å². The fraction of sp³-hybridized carbons (Fsp3) is 0.320. The zero-order valence-electron chi connectivity index (χ0n) is 17.4. The first-order chi connectivity index (χ1) is 14.9. The molecule has 0 aromatic heterocycles. The van der Waals surface area contributed by atoms with E-state index in [1.165, 1.54) is 12.1 Å². The quantitative estimate of drug-likeness (QED) is 0.606. The van der Waals surface area contributed by atoms with Crippen LogP contribution in [0.25, 0.3) is 22.8 Å². The van der Waals surface area contributed by atoms with Crippen molar-refractivity contribution in [3.63, 3.8) is 0 Å². The van der Waals surface area contributed by atoms with Gasteiger partial charge >= 0.3 is 0 Å². The van der Waals surface area contributed by atoms with Crippen LogP contribution in [0.4, 0.5) is 4.39 Å². The van der Waals surface area contributed by atoms with Crippen LogP contribution in [0.2, 0.25) is 5.02 Å². The number of hydrogen-bond acceptors (Lipinski definition) is 3. The molecule has 1 aliphatic heterocycles. The van der Waals surface area contributed by atoms with E-state index >= 15 is 4.39 Å². The van der Waals surface area contributed by atoms with Crippen LogP contribution < -0.4 is 5.32 Å². The number of ether oxygens (including phenoxy) is 1. The van der Waals surface area contributed by atoms with Crippen LogP contribution in [0.3, 0.4) is 0 Å². The molecule has 1 fully saturated rings. The highest BCUT2D eigenvalue weighted by molar-refractivity contribution is 6.34. The van der Waals surface area contributed by atoms with E-state index in [9.17, 15) is 9.90 Å². The number of halogens is 2. The summed E-state index contributed by atoms with van der Waals surface area (Å²) in [7, 11) is 0. The van der Waals surface area contributed by atoms with E-state index < -0.39 is 17.3 Å². The van der Waals surface area contributed by atoms with E-state index in [1.807, 2.05) is 13.0 Å². The van der Waals surface area contributed by atoms with Crippen LogP contribution in [0.15, 0.2) is 48.7 Å². The summed E-state index contributed by atoms with van der Waals surface area (Å²) >= 11 is 6.47. The van der Waals surface area contributed by atoms with Gasteiger partial charge in [0.1, 0.15) is 11.6 Å². The van der Waals surface area contributed by atoms with E-state index in [0.717, 1.165) is 0 Å². The first-order valence-electron chi connectivity index (χ1n) is 10.5. The Bertz CT molecular complexity index is 1060. The zero-order valence-corrected chi connectivity index (χ0v) is 18.1. The molecule has 0 atom stereocenters. The molecule has 1 saturated carbocycles. The zero-order chi connectivity index (χ0) is 22.2. The lowest BCUT2D eigenvalue weighted by atomic mass is 9.79. The van der Waals surface area contributed by atoms with Gasteiger partial charge in [-0.3, -0.25) is 4.79 Å². The van der Waals surface area contributed by atoms with Crippen LogP contribution in [-0.2, 0) is 9.53 Å². The summed E-state index contributed by atoms with van der Waals surface area (Å²) in [6, 6.07) is 10.5. The first-order valence-corrected chi connectivity index (χ1v) is 10.9. The van der Waals surface area contributed by atoms with E-state index in [-0.39, 0.29) is 39.1 Å². The van der Waals surface area contributed by atoms with Crippen molar-refractivity contribution in [2.24, 2.45) is 0 Å². The molecule has 2 N–H and O–H groups in total. The molecule has 0 saturated heterocycles. The molecule has 2 aliphatic rings. The second kappa shape index (κ2) is 8.48. The van der Waals surface area contributed by atoms with Crippen molar-refractivity contribution in [3.8, 4) is 11.1 Å². The first kappa shape index (κ1) is 21.6. The fourth-order valence-electron chi connectivity index (χ4n) is 4.68. The summed E-state index contributed by atoms with van der Waals surface area (Å²) in [5.41, 5.74) is 0.197. The van der Waals surface area contributed by atoms with Crippen molar-refractivity contribution in [1.29, 1.82) is 0 Å². The molecule has 162 valence electrons. The second-order valence-electron chi connectivity index (χ2n) is 7.99. The van der Waals surface area contributed by atoms with Gasteiger partial charge in [0.2, 0.25) is 0 Å². The smallest absolute Gasteiger partial charge is 0.256 e. The van der Waals surface area contributed by atoms with Crippen molar-refractivity contribution in [1.82, 2.24) is 5.32 Å². The SMILES string of the molecule is C=Cc1c(Cl)cc(-c2ccccc2)c(F)c1C1=C(O)C2(CCC(OCC)CC2)NC1=O. The number of aliphatic hydroxyl groups is 1. The predicted molar refractivity (Wildman–Crippen MR) is 121 cm³/mol. The minimum Gasteiger partial charge on any atom is -0.509 e. The van der Waals surface area contributed by atoms with Crippen LogP contribution in [-0.4, -0.2) is 29.3 Å². The molecule has 1 amide bonds. The fourth-order valence-corrected chi connectivity index (χ4v) is 4.96. The topological polar surface area (TPSA) is 58.6 Å². The maximum Gasteiger partial charge on any atom is 0.256 e. The van der Waals surface area contributed by atoms with Crippen molar-refractivity contribution < 1.29 is 19.0 Å². The van der Waals surface area contributed by atoms with Gasteiger partial charge in [-0.15, -0.1) is 0 Å². The number of hydrogen-bond donors (Lipinski definition) is 2. The lowest BCUT2D eigenvalue weighted by Crippen LogP contribution is -2.48. The van der Waals surface area contributed by atoms with Gasteiger partial charge in [-0.25, -0.2) is 4.39 Å². The van der Waals surface area contributed by atoms with Crippen LogP contribution in [0.5, 0.6) is 0 Å². The molecule has 0 unspecified atom stereocenters. The highest BCUT2D eigenvalue weighted by Crippen LogP contribution is 2.45. The summed E-state index contributed by atoms with van der Waals surface area (Å²) in [5, 5.41) is 14.4. The minimum atomic E-state index is -0.903. The molecule has 0 radical (unpaired) electrons. The Morgan fingerprint density at radius 1 is 1.32 bits per heavy atom. The van der Waals surface area contributed by atoms with Gasteiger partial charge in [0.05, 0.1) is 17.2 Å². The lowest BCUT2D eigenvalue weighted by molar-refractivity contribution is -0.116. The molecule has 4 rings (SSSR count). The van der Waals surface area contributed by atoms with Crippen LogP contribution in [0, 0.1) is 5.82 Å². The highest BCUT2D eigenvalue weighted by Gasteiger charge is 2.49. The summed E-state index contributed by atoms with van der Waals surface area (Å²) in [6.07, 6.45) is 3.96. The van der Waals surface area contributed by atoms with Crippen molar-refractivity contribution >= 4 is 29.2 Å². The Morgan fingerprint density at radius 3 is 2.61 bits per heavy atom. The third-order valence-electron chi connectivity index (χ3n) is 6.25. The van der Waals surface area contributed by atoms with Gasteiger partial charge in [-0.1, -0.05) is 54.6 Å². The Balaban J connectivity index is 1.85.